The van der Waals surface area contributed by atoms with E-state index in [0.717, 1.165) is 12.8 Å². The SMILES string of the molecule is CCCC(C)(N)C(O)=S. The van der Waals surface area contributed by atoms with Crippen LogP contribution in [0.5, 0.6) is 0 Å². The second kappa shape index (κ2) is 3.13. The predicted molar refractivity (Wildman–Crippen MR) is 42.7 cm³/mol. The lowest BCUT2D eigenvalue weighted by atomic mass is 9.99. The highest BCUT2D eigenvalue weighted by molar-refractivity contribution is 7.80. The third-order valence-electron chi connectivity index (χ3n) is 1.26. The first-order chi connectivity index (χ1) is 4.00. The van der Waals surface area contributed by atoms with E-state index >= 15 is 0 Å². The van der Waals surface area contributed by atoms with Gasteiger partial charge in [-0.15, -0.1) is 0 Å². The molecule has 1 atom stereocenters. The largest absolute Gasteiger partial charge is 0.501 e. The topological polar surface area (TPSA) is 46.2 Å². The standard InChI is InChI=1S/C6H13NOS/c1-3-4-6(2,7)5(8)9/h3-4,7H2,1-2H3,(H,8,9). The molecule has 3 heteroatoms. The number of nitrogens with two attached hydrogens (primary N) is 1. The molecule has 0 aromatic carbocycles. The van der Waals surface area contributed by atoms with Gasteiger partial charge in [-0.05, 0) is 25.6 Å². The van der Waals surface area contributed by atoms with E-state index in [-0.39, 0.29) is 5.05 Å². The minimum absolute atomic E-state index is 0.0932. The van der Waals surface area contributed by atoms with Gasteiger partial charge in [0.25, 0.3) is 0 Å². The molecule has 0 heterocycles. The van der Waals surface area contributed by atoms with Crippen LogP contribution in [0.4, 0.5) is 0 Å². The molecule has 0 aromatic heterocycles. The summed E-state index contributed by atoms with van der Waals surface area (Å²) in [7, 11) is 0. The van der Waals surface area contributed by atoms with Crippen molar-refractivity contribution >= 4 is 17.3 Å². The second-order valence-corrected chi connectivity index (χ2v) is 2.86. The van der Waals surface area contributed by atoms with E-state index in [1.807, 2.05) is 6.92 Å². The first-order valence-electron chi connectivity index (χ1n) is 3.03. The van der Waals surface area contributed by atoms with Gasteiger partial charge in [0.2, 0.25) is 0 Å². The van der Waals surface area contributed by atoms with Crippen LogP contribution in [-0.2, 0) is 0 Å². The summed E-state index contributed by atoms with van der Waals surface area (Å²) in [4.78, 5) is 0. The molecule has 0 aliphatic heterocycles. The van der Waals surface area contributed by atoms with Crippen LogP contribution in [0.15, 0.2) is 0 Å². The first-order valence-corrected chi connectivity index (χ1v) is 3.44. The summed E-state index contributed by atoms with van der Waals surface area (Å²) in [6.45, 7) is 3.74. The molecule has 0 rings (SSSR count). The molecule has 0 saturated heterocycles. The molecule has 0 aromatic rings. The van der Waals surface area contributed by atoms with Gasteiger partial charge in [0.1, 0.15) is 0 Å². The average Bonchev–Trinajstić information content (AvgIpc) is 1.65. The molecule has 0 radical (unpaired) electrons. The molecule has 9 heavy (non-hydrogen) atoms. The van der Waals surface area contributed by atoms with Crippen LogP contribution in [0.2, 0.25) is 0 Å². The van der Waals surface area contributed by atoms with Crippen LogP contribution >= 0.6 is 12.2 Å². The normalized spacial score (nSPS) is 16.8. The van der Waals surface area contributed by atoms with Crippen LogP contribution in [0.25, 0.3) is 0 Å². The maximum absolute atomic E-state index is 8.82. The highest BCUT2D eigenvalue weighted by Gasteiger charge is 2.21. The molecule has 0 fully saturated rings. The van der Waals surface area contributed by atoms with E-state index in [2.05, 4.69) is 12.2 Å². The number of aliphatic hydroxyl groups excluding tert-OH is 1. The maximum Gasteiger partial charge on any atom is 0.176 e. The van der Waals surface area contributed by atoms with Gasteiger partial charge in [-0.1, -0.05) is 13.3 Å². The molecule has 0 aliphatic carbocycles. The summed E-state index contributed by atoms with van der Waals surface area (Å²) in [5.41, 5.74) is 4.92. The van der Waals surface area contributed by atoms with Crippen LogP contribution in [0.3, 0.4) is 0 Å². The molecule has 0 amide bonds. The second-order valence-electron chi connectivity index (χ2n) is 2.47. The predicted octanol–water partition coefficient (Wildman–Crippen LogP) is 1.39. The number of hydrogen-bond donors (Lipinski definition) is 2. The van der Waals surface area contributed by atoms with Crippen molar-refractivity contribution in [1.29, 1.82) is 0 Å². The number of hydrogen-bond acceptors (Lipinski definition) is 2. The Bertz CT molecular complexity index is 112. The third-order valence-corrected chi connectivity index (χ3v) is 1.72. The quantitative estimate of drug-likeness (QED) is 0.593. The van der Waals surface area contributed by atoms with Crippen LogP contribution in [0, 0.1) is 0 Å². The molecule has 0 saturated carbocycles. The lowest BCUT2D eigenvalue weighted by molar-refractivity contribution is 0.447. The number of thiocarbonyl (C=S) groups is 1. The molecular formula is C6H13NOS. The van der Waals surface area contributed by atoms with Gasteiger partial charge >= 0.3 is 0 Å². The van der Waals surface area contributed by atoms with Gasteiger partial charge in [0.05, 0.1) is 5.54 Å². The molecule has 0 spiro atoms. The van der Waals surface area contributed by atoms with Crippen molar-refractivity contribution in [3.8, 4) is 0 Å². The van der Waals surface area contributed by atoms with Crippen molar-refractivity contribution in [2.24, 2.45) is 5.73 Å². The summed E-state index contributed by atoms with van der Waals surface area (Å²) in [5, 5.41) is 8.72. The highest BCUT2D eigenvalue weighted by Crippen LogP contribution is 2.08. The van der Waals surface area contributed by atoms with E-state index < -0.39 is 5.54 Å². The van der Waals surface area contributed by atoms with E-state index in [4.69, 9.17) is 10.8 Å². The summed E-state index contributed by atoms with van der Waals surface area (Å²) in [6.07, 6.45) is 1.68. The van der Waals surface area contributed by atoms with Crippen LogP contribution < -0.4 is 5.73 Å². The molecule has 2 nitrogen and oxygen atoms in total. The van der Waals surface area contributed by atoms with Crippen molar-refractivity contribution in [2.75, 3.05) is 0 Å². The van der Waals surface area contributed by atoms with Gasteiger partial charge in [-0.3, -0.25) is 0 Å². The van der Waals surface area contributed by atoms with Gasteiger partial charge in [0.15, 0.2) is 5.05 Å². The van der Waals surface area contributed by atoms with E-state index in [0.29, 0.717) is 0 Å². The number of aliphatic hydroxyl groups is 1. The Morgan fingerprint density at radius 3 is 2.33 bits per heavy atom. The Morgan fingerprint density at radius 2 is 2.22 bits per heavy atom. The van der Waals surface area contributed by atoms with Gasteiger partial charge < -0.3 is 10.8 Å². The lowest BCUT2D eigenvalue weighted by Gasteiger charge is -2.19. The molecule has 54 valence electrons. The summed E-state index contributed by atoms with van der Waals surface area (Å²) < 4.78 is 0. The zero-order chi connectivity index (χ0) is 7.49. The monoisotopic (exact) mass is 147 g/mol. The Hall–Kier alpha value is -0.150. The van der Waals surface area contributed by atoms with Crippen molar-refractivity contribution in [2.45, 2.75) is 32.2 Å². The fraction of sp³-hybridized carbons (Fsp3) is 0.833. The maximum atomic E-state index is 8.82. The van der Waals surface area contributed by atoms with E-state index in [1.165, 1.54) is 0 Å². The van der Waals surface area contributed by atoms with E-state index in [1.54, 1.807) is 6.92 Å². The van der Waals surface area contributed by atoms with Gasteiger partial charge in [-0.2, -0.15) is 0 Å². The van der Waals surface area contributed by atoms with Crippen molar-refractivity contribution < 1.29 is 5.11 Å². The third kappa shape index (κ3) is 2.77. The summed E-state index contributed by atoms with van der Waals surface area (Å²) >= 11 is 4.53. The molecule has 0 aliphatic rings. The Labute approximate surface area is 61.1 Å². The Balaban J connectivity index is 3.85. The zero-order valence-corrected chi connectivity index (χ0v) is 6.66. The molecular weight excluding hydrogens is 134 g/mol. The van der Waals surface area contributed by atoms with Gasteiger partial charge in [-0.25, -0.2) is 0 Å². The fourth-order valence-corrected chi connectivity index (χ4v) is 0.728. The van der Waals surface area contributed by atoms with Crippen molar-refractivity contribution in [3.63, 3.8) is 0 Å². The highest BCUT2D eigenvalue weighted by atomic mass is 32.1. The lowest BCUT2D eigenvalue weighted by Crippen LogP contribution is -2.43. The number of rotatable bonds is 3. The van der Waals surface area contributed by atoms with Crippen molar-refractivity contribution in [3.05, 3.63) is 0 Å². The Kier molecular flexibility index (Phi) is 3.08. The van der Waals surface area contributed by atoms with E-state index in [9.17, 15) is 0 Å². The summed E-state index contributed by atoms with van der Waals surface area (Å²) in [5.74, 6) is 0. The first kappa shape index (κ1) is 8.85. The van der Waals surface area contributed by atoms with Crippen molar-refractivity contribution in [1.82, 2.24) is 0 Å². The van der Waals surface area contributed by atoms with Crippen LogP contribution in [0.1, 0.15) is 26.7 Å². The molecule has 1 unspecified atom stereocenters. The minimum atomic E-state index is -0.663. The fourth-order valence-electron chi connectivity index (χ4n) is 0.626. The Morgan fingerprint density at radius 1 is 1.78 bits per heavy atom. The summed E-state index contributed by atoms with van der Waals surface area (Å²) in [6, 6.07) is 0. The zero-order valence-electron chi connectivity index (χ0n) is 5.85. The smallest absolute Gasteiger partial charge is 0.176 e. The average molecular weight is 147 g/mol. The molecule has 3 N–H and O–H groups in total. The van der Waals surface area contributed by atoms with Crippen LogP contribution in [-0.4, -0.2) is 15.7 Å². The molecule has 0 bridgehead atoms. The minimum Gasteiger partial charge on any atom is -0.501 e. The van der Waals surface area contributed by atoms with Gasteiger partial charge in [0, 0.05) is 0 Å².